The second kappa shape index (κ2) is 7.55. The third-order valence-electron chi connectivity index (χ3n) is 3.21. The number of thioether (sulfide) groups is 1. The molecule has 0 aliphatic rings. The van der Waals surface area contributed by atoms with Crippen molar-refractivity contribution in [3.05, 3.63) is 79.9 Å². The molecular weight excluding hydrogens is 336 g/mol. The van der Waals surface area contributed by atoms with E-state index >= 15 is 0 Å². The number of hydrogen-bond donors (Lipinski definition) is 0. The number of hydrogen-bond acceptors (Lipinski definition) is 7. The third kappa shape index (κ3) is 3.69. The first-order chi connectivity index (χ1) is 11.5. The van der Waals surface area contributed by atoms with Crippen LogP contribution in [0.25, 0.3) is 0 Å². The Morgan fingerprint density at radius 3 is 1.75 bits per heavy atom. The molecule has 0 bridgehead atoms. The largest absolute Gasteiger partial charge is 0.444 e. The number of rotatable bonds is 5. The van der Waals surface area contributed by atoms with Crippen LogP contribution in [-0.4, -0.2) is 21.4 Å². The quantitative estimate of drug-likeness (QED) is 0.454. The van der Waals surface area contributed by atoms with Gasteiger partial charge in [-0.2, -0.15) is 0 Å². The molecule has 0 saturated heterocycles. The second-order valence-corrected chi connectivity index (χ2v) is 5.33. The fourth-order valence-corrected chi connectivity index (χ4v) is 2.38. The van der Waals surface area contributed by atoms with Crippen LogP contribution in [0.1, 0.15) is 17.2 Å². The lowest BCUT2D eigenvalue weighted by Gasteiger charge is -2.18. The summed E-state index contributed by atoms with van der Waals surface area (Å²) in [7, 11) is 0. The minimum Gasteiger partial charge on any atom is -0.444 e. The summed E-state index contributed by atoms with van der Waals surface area (Å²) in [6.45, 7) is 0. The van der Waals surface area contributed by atoms with Crippen molar-refractivity contribution in [2.24, 2.45) is 0 Å². The third-order valence-corrected chi connectivity index (χ3v) is 3.64. The first-order valence-corrected chi connectivity index (χ1v) is 7.89. The highest BCUT2D eigenvalue weighted by Gasteiger charge is 2.31. The number of carbonyl (C=O) groups excluding carboxylic acids is 1. The van der Waals surface area contributed by atoms with Crippen molar-refractivity contribution in [1.29, 1.82) is 0 Å². The van der Waals surface area contributed by atoms with Crippen LogP contribution in [-0.2, 0) is 4.74 Å². The Morgan fingerprint density at radius 1 is 0.958 bits per heavy atom. The molecule has 0 aliphatic heterocycles. The summed E-state index contributed by atoms with van der Waals surface area (Å²) >= 11 is 0.770. The molecule has 0 amide bonds. The summed E-state index contributed by atoms with van der Waals surface area (Å²) in [5.41, 5.74) is -0.428. The number of carbonyl (C=O) groups is 1. The molecule has 2 aromatic rings. The van der Waals surface area contributed by atoms with E-state index in [-0.39, 0.29) is 22.5 Å². The first kappa shape index (κ1) is 17.4. The van der Waals surface area contributed by atoms with Crippen LogP contribution >= 0.6 is 11.8 Å². The smallest absolute Gasteiger partial charge is 0.367 e. The van der Waals surface area contributed by atoms with Crippen molar-refractivity contribution in [2.45, 2.75) is 6.10 Å². The van der Waals surface area contributed by atoms with E-state index in [1.165, 1.54) is 54.8 Å². The van der Waals surface area contributed by atoms with Crippen molar-refractivity contribution >= 4 is 28.4 Å². The normalized spacial score (nSPS) is 10.4. The Balaban J connectivity index is 2.65. The predicted octanol–water partition coefficient (Wildman–Crippen LogP) is 4.09. The molecule has 0 N–H and O–H groups in total. The van der Waals surface area contributed by atoms with E-state index in [9.17, 15) is 25.0 Å². The molecule has 2 aromatic carbocycles. The summed E-state index contributed by atoms with van der Waals surface area (Å²) in [6, 6.07) is 11.3. The molecule has 9 heteroatoms. The van der Waals surface area contributed by atoms with Crippen LogP contribution in [0.4, 0.5) is 16.2 Å². The Morgan fingerprint density at radius 2 is 1.38 bits per heavy atom. The van der Waals surface area contributed by atoms with Gasteiger partial charge in [-0.15, -0.1) is 0 Å². The molecule has 0 atom stereocenters. The SMILES string of the molecule is CSC(=O)OC(c1ccccc1[N+](=O)[O-])c1ccccc1[N+](=O)[O-]. The van der Waals surface area contributed by atoms with Gasteiger partial charge in [-0.3, -0.25) is 20.2 Å². The lowest BCUT2D eigenvalue weighted by atomic mass is 9.98. The van der Waals surface area contributed by atoms with Gasteiger partial charge in [0.2, 0.25) is 0 Å². The molecule has 0 aliphatic carbocycles. The maximum atomic E-state index is 11.7. The fraction of sp³-hybridized carbons (Fsp3) is 0.133. The highest BCUT2D eigenvalue weighted by molar-refractivity contribution is 8.12. The van der Waals surface area contributed by atoms with Gasteiger partial charge in [-0.1, -0.05) is 24.3 Å². The molecule has 2 rings (SSSR count). The van der Waals surface area contributed by atoms with Crippen LogP contribution in [0.2, 0.25) is 0 Å². The van der Waals surface area contributed by atoms with E-state index < -0.39 is 21.3 Å². The van der Waals surface area contributed by atoms with Crippen LogP contribution in [0, 0.1) is 20.2 Å². The number of benzene rings is 2. The van der Waals surface area contributed by atoms with Gasteiger partial charge >= 0.3 is 5.30 Å². The Labute approximate surface area is 140 Å². The molecule has 0 spiro atoms. The minimum absolute atomic E-state index is 0.0687. The van der Waals surface area contributed by atoms with Crippen molar-refractivity contribution < 1.29 is 19.4 Å². The second-order valence-electron chi connectivity index (χ2n) is 4.58. The summed E-state index contributed by atoms with van der Waals surface area (Å²) < 4.78 is 5.27. The molecule has 0 heterocycles. The van der Waals surface area contributed by atoms with Gasteiger partial charge in [-0.25, -0.2) is 4.79 Å². The molecule has 8 nitrogen and oxygen atoms in total. The summed E-state index contributed by atoms with van der Waals surface area (Å²) in [4.78, 5) is 33.0. The predicted molar refractivity (Wildman–Crippen MR) is 88.0 cm³/mol. The van der Waals surface area contributed by atoms with E-state index in [0.29, 0.717) is 0 Å². The van der Waals surface area contributed by atoms with Gasteiger partial charge in [-0.05, 0) is 30.2 Å². The lowest BCUT2D eigenvalue weighted by Crippen LogP contribution is -2.13. The zero-order valence-electron chi connectivity index (χ0n) is 12.4. The minimum atomic E-state index is -1.26. The van der Waals surface area contributed by atoms with Crippen LogP contribution in [0.5, 0.6) is 0 Å². The fourth-order valence-electron chi connectivity index (χ4n) is 2.19. The van der Waals surface area contributed by atoms with Gasteiger partial charge in [0.05, 0.1) is 21.0 Å². The maximum absolute atomic E-state index is 11.7. The highest BCUT2D eigenvalue weighted by Crippen LogP contribution is 2.37. The Hall–Kier alpha value is -2.94. The molecule has 24 heavy (non-hydrogen) atoms. The molecule has 0 saturated carbocycles. The Kier molecular flexibility index (Phi) is 5.48. The summed E-state index contributed by atoms with van der Waals surface area (Å²) in [5, 5.41) is 21.8. The van der Waals surface area contributed by atoms with E-state index in [1.807, 2.05) is 0 Å². The molecule has 0 radical (unpaired) electrons. The van der Waals surface area contributed by atoms with Gasteiger partial charge in [0.25, 0.3) is 11.4 Å². The topological polar surface area (TPSA) is 113 Å². The van der Waals surface area contributed by atoms with Crippen molar-refractivity contribution in [2.75, 3.05) is 6.26 Å². The summed E-state index contributed by atoms with van der Waals surface area (Å²) in [6.07, 6.45) is 0.228. The number of nitrogens with zero attached hydrogens (tertiary/aromatic N) is 2. The molecule has 124 valence electrons. The number of nitro groups is 2. The van der Waals surface area contributed by atoms with Crippen LogP contribution in [0.15, 0.2) is 48.5 Å². The average molecular weight is 348 g/mol. The van der Waals surface area contributed by atoms with Gasteiger partial charge in [0.1, 0.15) is 0 Å². The number of nitro benzene ring substituents is 2. The standard InChI is InChI=1S/C15H12N2O6S/c1-24-15(18)23-14(10-6-2-4-8-12(10)16(19)20)11-7-3-5-9-13(11)17(21)22/h2-9,14H,1H3. The van der Waals surface area contributed by atoms with Crippen molar-refractivity contribution in [3.8, 4) is 0 Å². The van der Waals surface area contributed by atoms with Gasteiger partial charge < -0.3 is 4.74 Å². The van der Waals surface area contributed by atoms with E-state index in [4.69, 9.17) is 4.74 Å². The molecule has 0 aromatic heterocycles. The van der Waals surface area contributed by atoms with E-state index in [0.717, 1.165) is 11.8 Å². The van der Waals surface area contributed by atoms with Gasteiger partial charge in [0, 0.05) is 12.1 Å². The van der Waals surface area contributed by atoms with Gasteiger partial charge in [0.15, 0.2) is 6.10 Å². The monoisotopic (exact) mass is 348 g/mol. The van der Waals surface area contributed by atoms with Crippen LogP contribution in [0.3, 0.4) is 0 Å². The molecule has 0 fully saturated rings. The van der Waals surface area contributed by atoms with Crippen molar-refractivity contribution in [1.82, 2.24) is 0 Å². The lowest BCUT2D eigenvalue weighted by molar-refractivity contribution is -0.387. The number of para-hydroxylation sites is 2. The first-order valence-electron chi connectivity index (χ1n) is 6.67. The zero-order valence-corrected chi connectivity index (χ0v) is 13.3. The zero-order chi connectivity index (χ0) is 17.7. The highest BCUT2D eigenvalue weighted by atomic mass is 32.2. The average Bonchev–Trinajstić information content (AvgIpc) is 2.59. The van der Waals surface area contributed by atoms with Crippen LogP contribution < -0.4 is 0 Å². The maximum Gasteiger partial charge on any atom is 0.367 e. The molecular formula is C15H12N2O6S. The van der Waals surface area contributed by atoms with E-state index in [1.54, 1.807) is 0 Å². The summed E-state index contributed by atoms with van der Waals surface area (Å²) in [5.74, 6) is 0. The van der Waals surface area contributed by atoms with E-state index in [2.05, 4.69) is 0 Å². The molecule has 0 unspecified atom stereocenters. The van der Waals surface area contributed by atoms with Crippen molar-refractivity contribution in [3.63, 3.8) is 0 Å². The number of ether oxygens (including phenoxy) is 1. The Bertz CT molecular complexity index is 738.